The summed E-state index contributed by atoms with van der Waals surface area (Å²) in [5, 5.41) is 4.58. The first-order valence-electron chi connectivity index (χ1n) is 22.8. The molecule has 4 aromatic carbocycles. The number of ether oxygens (including phenoxy) is 2. The number of carbonyl (C=O) groups is 3. The molecule has 3 aliphatic heterocycles. The number of urea groups is 1. The van der Waals surface area contributed by atoms with Crippen molar-refractivity contribution in [1.82, 2.24) is 9.80 Å². The summed E-state index contributed by atoms with van der Waals surface area (Å²) in [7, 11) is 3.38. The van der Waals surface area contributed by atoms with Crippen LogP contribution in [0, 0.1) is 11.8 Å². The van der Waals surface area contributed by atoms with Crippen LogP contribution in [-0.2, 0) is 20.4 Å². The van der Waals surface area contributed by atoms with Crippen LogP contribution in [0.1, 0.15) is 94.2 Å². The molecule has 0 radical (unpaired) electrons. The van der Waals surface area contributed by atoms with Gasteiger partial charge in [0.05, 0.1) is 14.2 Å². The number of rotatable bonds is 9. The normalized spacial score (nSPS) is 21.4. The molecule has 0 unspecified atom stereocenters. The van der Waals surface area contributed by atoms with Gasteiger partial charge in [-0.3, -0.25) is 19.4 Å². The zero-order valence-corrected chi connectivity index (χ0v) is 40.0. The summed E-state index contributed by atoms with van der Waals surface area (Å²) in [5.41, 5.74) is 7.93. The highest BCUT2D eigenvalue weighted by Gasteiger charge is 2.53. The number of carbonyl (C=O) groups excluding carboxylic acids is 3. The van der Waals surface area contributed by atoms with Crippen LogP contribution in [0.3, 0.4) is 0 Å². The number of methoxy groups -OCH3 is 2. The van der Waals surface area contributed by atoms with Gasteiger partial charge in [0.1, 0.15) is 17.4 Å². The first-order chi connectivity index (χ1) is 30.3. The summed E-state index contributed by atoms with van der Waals surface area (Å²) in [6, 6.07) is 20.1. The van der Waals surface area contributed by atoms with Crippen molar-refractivity contribution >= 4 is 50.8 Å². The smallest absolute Gasteiger partial charge is 0.333 e. The zero-order valence-electron chi connectivity index (χ0n) is 40.0. The Bertz CT molecular complexity index is 2580. The summed E-state index contributed by atoms with van der Waals surface area (Å²) in [6.45, 7) is 25.2. The van der Waals surface area contributed by atoms with E-state index < -0.39 is 52.6 Å². The molecule has 0 spiro atoms. The minimum Gasteiger partial charge on any atom is -0.497 e. The number of imide groups is 2. The van der Waals surface area contributed by atoms with E-state index in [1.165, 1.54) is 31.7 Å². The van der Waals surface area contributed by atoms with Crippen LogP contribution in [0.2, 0.25) is 0 Å². The monoisotopic (exact) mass is 860 g/mol. The number of nitrogens with zero attached hydrogens (tertiary/aromatic N) is 4. The van der Waals surface area contributed by atoms with E-state index in [4.69, 9.17) is 9.47 Å². The molecule has 8 rings (SSSR count). The van der Waals surface area contributed by atoms with Gasteiger partial charge in [0, 0.05) is 63.7 Å². The third-order valence-corrected chi connectivity index (χ3v) is 13.9. The number of anilines is 2. The van der Waals surface area contributed by atoms with Gasteiger partial charge in [-0.2, -0.15) is 0 Å². The average Bonchev–Trinajstić information content (AvgIpc) is 3.82. The van der Waals surface area contributed by atoms with Crippen molar-refractivity contribution < 1.29 is 23.9 Å². The van der Waals surface area contributed by atoms with E-state index in [0.29, 0.717) is 0 Å². The number of amides is 4. The van der Waals surface area contributed by atoms with Gasteiger partial charge in [-0.25, -0.2) is 4.79 Å². The third kappa shape index (κ3) is 6.85. The molecule has 1 fully saturated rings. The Balaban J connectivity index is 1.29. The van der Waals surface area contributed by atoms with Crippen molar-refractivity contribution in [2.45, 2.75) is 118 Å². The lowest BCUT2D eigenvalue weighted by molar-refractivity contribution is -0.152. The highest BCUT2D eigenvalue weighted by molar-refractivity contribution is 6.17. The Kier molecular flexibility index (Phi) is 11.2. The number of hydrogen-bond acceptors (Lipinski definition) is 7. The minimum atomic E-state index is -1.14. The van der Waals surface area contributed by atoms with Crippen molar-refractivity contribution in [3.8, 4) is 11.5 Å². The predicted octanol–water partition coefficient (Wildman–Crippen LogP) is 11.8. The molecule has 0 aromatic heterocycles. The van der Waals surface area contributed by atoms with Crippen LogP contribution >= 0.6 is 0 Å². The predicted molar refractivity (Wildman–Crippen MR) is 260 cm³/mol. The molecule has 0 atom stereocenters. The van der Waals surface area contributed by atoms with E-state index in [0.717, 1.165) is 56.2 Å². The number of hydrogen-bond donors (Lipinski definition) is 0. The van der Waals surface area contributed by atoms with Crippen LogP contribution < -0.4 is 19.3 Å². The standard InChI is InChI=1S/C55H64N4O5/c1-31(2)56-43-25-17-37-29-39(63-13)21-23-41(37)49(43)54(9,10)45(56)27-19-35-15-16-36(47(35)48-51(60)58(33(5)6)53(62)59(34(7)8)52(48)61)20-28-46-55(11,12)50-42-24-22-40(64-14)30-38(42)18-26-44(50)57(46)32(3)4/h15-34,47-48H,1-14H3/b35-19+,36-20+,45-27+,46-28+. The lowest BCUT2D eigenvalue weighted by Gasteiger charge is -2.42. The molecule has 9 heteroatoms. The first-order valence-corrected chi connectivity index (χ1v) is 22.8. The molecule has 0 saturated carbocycles. The van der Waals surface area contributed by atoms with Crippen LogP contribution in [0.4, 0.5) is 16.2 Å². The van der Waals surface area contributed by atoms with E-state index in [-0.39, 0.29) is 12.1 Å². The Labute approximate surface area is 379 Å². The first kappa shape index (κ1) is 44.5. The number of fused-ring (bicyclic) bond motifs is 6. The molecule has 64 heavy (non-hydrogen) atoms. The van der Waals surface area contributed by atoms with Gasteiger partial charge in [0.2, 0.25) is 11.8 Å². The second-order valence-electron chi connectivity index (χ2n) is 19.9. The highest BCUT2D eigenvalue weighted by atomic mass is 16.5. The summed E-state index contributed by atoms with van der Waals surface area (Å²) in [4.78, 5) is 50.8. The van der Waals surface area contributed by atoms with E-state index in [1.54, 1.807) is 14.2 Å². The molecule has 4 aliphatic rings. The van der Waals surface area contributed by atoms with Crippen molar-refractivity contribution in [1.29, 1.82) is 0 Å². The van der Waals surface area contributed by atoms with Crippen molar-refractivity contribution in [3.63, 3.8) is 0 Å². The van der Waals surface area contributed by atoms with E-state index in [2.05, 4.69) is 150 Å². The Hall–Kier alpha value is -6.09. The van der Waals surface area contributed by atoms with Gasteiger partial charge in [-0.15, -0.1) is 0 Å². The van der Waals surface area contributed by atoms with E-state index in [9.17, 15) is 14.4 Å². The van der Waals surface area contributed by atoms with Gasteiger partial charge in [0.15, 0.2) is 0 Å². The second-order valence-corrected chi connectivity index (χ2v) is 19.9. The van der Waals surface area contributed by atoms with Gasteiger partial charge in [-0.1, -0.05) is 76.3 Å². The maximum atomic E-state index is 14.8. The number of allylic oxidation sites excluding steroid dienone is 10. The lowest BCUT2D eigenvalue weighted by Crippen LogP contribution is -2.64. The Morgan fingerprint density at radius 1 is 0.500 bits per heavy atom. The topological polar surface area (TPSA) is 82.6 Å². The van der Waals surface area contributed by atoms with Crippen molar-refractivity contribution in [2.75, 3.05) is 24.0 Å². The Morgan fingerprint density at radius 2 is 0.875 bits per heavy atom. The number of barbiturate groups is 1. The van der Waals surface area contributed by atoms with Gasteiger partial charge in [0.25, 0.3) is 0 Å². The Morgan fingerprint density at radius 3 is 1.22 bits per heavy atom. The van der Waals surface area contributed by atoms with Crippen LogP contribution in [0.5, 0.6) is 11.5 Å². The highest BCUT2D eigenvalue weighted by Crippen LogP contribution is 2.54. The lowest BCUT2D eigenvalue weighted by atomic mass is 9.78. The fourth-order valence-electron chi connectivity index (χ4n) is 11.0. The zero-order chi connectivity index (χ0) is 46.3. The minimum absolute atomic E-state index is 0.145. The van der Waals surface area contributed by atoms with Crippen LogP contribution in [0.25, 0.3) is 21.5 Å². The summed E-state index contributed by atoms with van der Waals surface area (Å²) in [5.74, 6) is -1.09. The molecule has 0 bridgehead atoms. The molecule has 4 amide bonds. The van der Waals surface area contributed by atoms with Crippen LogP contribution in [0.15, 0.2) is 120 Å². The average molecular weight is 861 g/mol. The van der Waals surface area contributed by atoms with E-state index >= 15 is 0 Å². The van der Waals surface area contributed by atoms with Gasteiger partial charge >= 0.3 is 6.03 Å². The summed E-state index contributed by atoms with van der Waals surface area (Å²) >= 11 is 0. The fraction of sp³-hybridized carbons (Fsp3) is 0.400. The fourth-order valence-corrected chi connectivity index (χ4v) is 11.0. The van der Waals surface area contributed by atoms with Crippen molar-refractivity contribution in [2.24, 2.45) is 11.8 Å². The molecule has 0 N–H and O–H groups in total. The molecular weight excluding hydrogens is 797 g/mol. The van der Waals surface area contributed by atoms with E-state index in [1.807, 2.05) is 39.8 Å². The molecule has 3 heterocycles. The SMILES string of the molecule is COc1ccc2c3c(ccc2c1)N(C(C)C)/C(=C/C=C1C=C/C(=C\C=C2\N(C(C)C)c4ccc5cc(OC)ccc5c4C2(C)C)C\1C1C(=O)N(C(C)C)C(=O)N(C(C)C)C1=O)C3(C)C. The maximum absolute atomic E-state index is 14.8. The largest absolute Gasteiger partial charge is 0.497 e. The summed E-state index contributed by atoms with van der Waals surface area (Å²) < 4.78 is 11.2. The summed E-state index contributed by atoms with van der Waals surface area (Å²) in [6.07, 6.45) is 12.7. The molecular formula is C55H64N4O5. The van der Waals surface area contributed by atoms with Crippen molar-refractivity contribution in [3.05, 3.63) is 131 Å². The molecule has 9 nitrogen and oxygen atoms in total. The quantitative estimate of drug-likeness (QED) is 0.155. The number of benzene rings is 4. The molecule has 1 aliphatic carbocycles. The third-order valence-electron chi connectivity index (χ3n) is 13.9. The second kappa shape index (κ2) is 16.2. The van der Waals surface area contributed by atoms with Gasteiger partial charge < -0.3 is 19.3 Å². The van der Waals surface area contributed by atoms with Gasteiger partial charge in [-0.05, 0) is 148 Å². The van der Waals surface area contributed by atoms with Crippen LogP contribution in [-0.4, -0.2) is 66.0 Å². The molecule has 1 saturated heterocycles. The maximum Gasteiger partial charge on any atom is 0.333 e. The molecule has 4 aromatic rings. The molecule has 334 valence electrons.